The fourth-order valence-electron chi connectivity index (χ4n) is 4.72. The molecule has 0 aromatic rings. The van der Waals surface area contributed by atoms with Gasteiger partial charge in [-0.15, -0.1) is 11.8 Å². The highest BCUT2D eigenvalue weighted by Gasteiger charge is 2.44. The molecule has 0 bridgehead atoms. The van der Waals surface area contributed by atoms with Crippen LogP contribution in [0.2, 0.25) is 0 Å². The molecule has 28 heavy (non-hydrogen) atoms. The van der Waals surface area contributed by atoms with Gasteiger partial charge in [0.1, 0.15) is 0 Å². The molecule has 3 nitrogen and oxygen atoms in total. The lowest BCUT2D eigenvalue weighted by Crippen LogP contribution is -2.23. The Labute approximate surface area is 172 Å². The SMILES string of the molecule is CC#CC[C@@H](C)[C@H](O)/C=C/[C@@H]1[C@H]2C/C(=C/CCCCNC(C)C)C[C@H]2C[C@H]1O. The van der Waals surface area contributed by atoms with E-state index >= 15 is 0 Å². The van der Waals surface area contributed by atoms with Crippen molar-refractivity contribution in [1.29, 1.82) is 0 Å². The van der Waals surface area contributed by atoms with Crippen LogP contribution in [0.1, 0.15) is 72.6 Å². The van der Waals surface area contributed by atoms with Gasteiger partial charge in [0.25, 0.3) is 0 Å². The minimum absolute atomic E-state index is 0.127. The Morgan fingerprint density at radius 2 is 2.00 bits per heavy atom. The first kappa shape index (κ1) is 23.2. The molecule has 0 unspecified atom stereocenters. The minimum atomic E-state index is -0.483. The van der Waals surface area contributed by atoms with E-state index in [-0.39, 0.29) is 17.9 Å². The van der Waals surface area contributed by atoms with E-state index in [9.17, 15) is 10.2 Å². The van der Waals surface area contributed by atoms with Crippen LogP contribution in [0.25, 0.3) is 0 Å². The van der Waals surface area contributed by atoms with Crippen LogP contribution in [0.4, 0.5) is 0 Å². The summed E-state index contributed by atoms with van der Waals surface area (Å²) in [5, 5.41) is 24.3. The Bertz CT molecular complexity index is 583. The van der Waals surface area contributed by atoms with Gasteiger partial charge in [0.2, 0.25) is 0 Å². The van der Waals surface area contributed by atoms with Crippen LogP contribution in [0.3, 0.4) is 0 Å². The summed E-state index contributed by atoms with van der Waals surface area (Å²) in [6, 6.07) is 0.574. The predicted octanol–water partition coefficient (Wildman–Crippen LogP) is 4.45. The Kier molecular flexibility index (Phi) is 9.79. The molecule has 0 aromatic carbocycles. The molecule has 0 radical (unpaired) electrons. The summed E-state index contributed by atoms with van der Waals surface area (Å²) in [5.74, 6) is 7.39. The van der Waals surface area contributed by atoms with Crippen molar-refractivity contribution in [3.8, 4) is 11.8 Å². The average Bonchev–Trinajstić information content (AvgIpc) is 3.16. The number of fused-ring (bicyclic) bond motifs is 1. The van der Waals surface area contributed by atoms with Crippen molar-refractivity contribution in [1.82, 2.24) is 5.32 Å². The van der Waals surface area contributed by atoms with Crippen molar-refractivity contribution in [2.45, 2.75) is 90.9 Å². The zero-order chi connectivity index (χ0) is 20.5. The van der Waals surface area contributed by atoms with Gasteiger partial charge in [0.15, 0.2) is 0 Å². The Hall–Kier alpha value is -1.08. The zero-order valence-electron chi connectivity index (χ0n) is 18.3. The number of hydrogen-bond donors (Lipinski definition) is 3. The number of nitrogens with one attached hydrogen (secondary N) is 1. The number of rotatable bonds is 10. The van der Waals surface area contributed by atoms with Gasteiger partial charge in [-0.25, -0.2) is 0 Å². The number of aliphatic hydroxyl groups is 2. The highest BCUT2D eigenvalue weighted by atomic mass is 16.3. The first-order chi connectivity index (χ1) is 13.4. The summed E-state index contributed by atoms with van der Waals surface area (Å²) in [5.41, 5.74) is 1.59. The molecular weight excluding hydrogens is 346 g/mol. The van der Waals surface area contributed by atoms with E-state index < -0.39 is 6.10 Å². The van der Waals surface area contributed by atoms with E-state index in [1.54, 1.807) is 5.57 Å². The van der Waals surface area contributed by atoms with Crippen molar-refractivity contribution in [3.05, 3.63) is 23.8 Å². The third kappa shape index (κ3) is 7.07. The second-order valence-corrected chi connectivity index (χ2v) is 9.16. The first-order valence-corrected chi connectivity index (χ1v) is 11.3. The molecule has 0 aromatic heterocycles. The molecule has 0 spiro atoms. The quantitative estimate of drug-likeness (QED) is 0.295. The van der Waals surface area contributed by atoms with Gasteiger partial charge in [0.05, 0.1) is 12.2 Å². The third-order valence-electron chi connectivity index (χ3n) is 6.44. The predicted molar refractivity (Wildman–Crippen MR) is 118 cm³/mol. The lowest BCUT2D eigenvalue weighted by Gasteiger charge is -2.19. The van der Waals surface area contributed by atoms with Gasteiger partial charge in [-0.05, 0) is 69.7 Å². The third-order valence-corrected chi connectivity index (χ3v) is 6.44. The second-order valence-electron chi connectivity index (χ2n) is 9.16. The molecule has 2 aliphatic rings. The van der Waals surface area contributed by atoms with Crippen LogP contribution in [-0.4, -0.2) is 35.0 Å². The van der Waals surface area contributed by atoms with E-state index in [1.807, 2.05) is 19.9 Å². The van der Waals surface area contributed by atoms with Gasteiger partial charge < -0.3 is 15.5 Å². The lowest BCUT2D eigenvalue weighted by atomic mass is 9.89. The molecule has 3 heteroatoms. The maximum atomic E-state index is 10.5. The normalized spacial score (nSPS) is 30.6. The highest BCUT2D eigenvalue weighted by Crippen LogP contribution is 2.50. The largest absolute Gasteiger partial charge is 0.392 e. The molecule has 2 rings (SSSR count). The van der Waals surface area contributed by atoms with E-state index in [1.165, 1.54) is 19.3 Å². The van der Waals surface area contributed by atoms with Crippen LogP contribution < -0.4 is 5.32 Å². The topological polar surface area (TPSA) is 52.5 Å². The van der Waals surface area contributed by atoms with Gasteiger partial charge in [-0.2, -0.15) is 0 Å². The number of allylic oxidation sites excluding steroid dienone is 2. The van der Waals surface area contributed by atoms with Gasteiger partial charge in [0, 0.05) is 18.4 Å². The molecule has 158 valence electrons. The average molecular weight is 388 g/mol. The number of hydrogen-bond acceptors (Lipinski definition) is 3. The molecule has 0 aliphatic heterocycles. The highest BCUT2D eigenvalue weighted by molar-refractivity contribution is 5.18. The molecule has 0 heterocycles. The summed E-state index contributed by atoms with van der Waals surface area (Å²) in [7, 11) is 0. The lowest BCUT2D eigenvalue weighted by molar-refractivity contribution is 0.137. The van der Waals surface area contributed by atoms with Gasteiger partial charge in [-0.1, -0.05) is 44.6 Å². The standard InChI is InChI=1S/C25H41NO2/c1-5-6-10-19(4)24(27)13-12-22-23-16-20(15-21(23)17-25(22)28)11-8-7-9-14-26-18(2)3/h11-13,18-19,21-28H,7-10,14-17H2,1-4H3/b13-12+,20-11+/t19-,21+,22-,23+,24-,25-/m1/s1. The molecule has 2 fully saturated rings. The van der Waals surface area contributed by atoms with E-state index in [4.69, 9.17) is 0 Å². The Balaban J connectivity index is 1.81. The monoisotopic (exact) mass is 387 g/mol. The van der Waals surface area contributed by atoms with Crippen LogP contribution in [0.5, 0.6) is 0 Å². The van der Waals surface area contributed by atoms with E-state index in [0.717, 1.165) is 25.8 Å². The summed E-state index contributed by atoms with van der Waals surface area (Å²) in [4.78, 5) is 0. The van der Waals surface area contributed by atoms with Crippen molar-refractivity contribution in [3.63, 3.8) is 0 Å². The molecule has 0 amide bonds. The summed E-state index contributed by atoms with van der Waals surface area (Å²) >= 11 is 0. The molecule has 0 saturated heterocycles. The van der Waals surface area contributed by atoms with Crippen molar-refractivity contribution < 1.29 is 10.2 Å². The summed E-state index contributed by atoms with van der Waals surface area (Å²) in [6.45, 7) is 9.35. The smallest absolute Gasteiger partial charge is 0.0755 e. The molecule has 6 atom stereocenters. The zero-order valence-corrected chi connectivity index (χ0v) is 18.3. The Morgan fingerprint density at radius 3 is 2.71 bits per heavy atom. The van der Waals surface area contributed by atoms with Crippen molar-refractivity contribution >= 4 is 0 Å². The maximum Gasteiger partial charge on any atom is 0.0755 e. The van der Waals surface area contributed by atoms with Gasteiger partial charge >= 0.3 is 0 Å². The minimum Gasteiger partial charge on any atom is -0.392 e. The van der Waals surface area contributed by atoms with Crippen LogP contribution in [0.15, 0.2) is 23.8 Å². The van der Waals surface area contributed by atoms with E-state index in [2.05, 4.69) is 43.2 Å². The van der Waals surface area contributed by atoms with Crippen molar-refractivity contribution in [2.24, 2.45) is 23.7 Å². The molecule has 3 N–H and O–H groups in total. The number of aliphatic hydroxyl groups excluding tert-OH is 2. The second kappa shape index (κ2) is 11.8. The van der Waals surface area contributed by atoms with Crippen molar-refractivity contribution in [2.75, 3.05) is 6.54 Å². The Morgan fingerprint density at radius 1 is 1.21 bits per heavy atom. The number of unbranched alkanes of at least 4 members (excludes halogenated alkanes) is 2. The maximum absolute atomic E-state index is 10.5. The molecule has 2 saturated carbocycles. The van der Waals surface area contributed by atoms with Crippen LogP contribution in [-0.2, 0) is 0 Å². The summed E-state index contributed by atoms with van der Waals surface area (Å²) < 4.78 is 0. The first-order valence-electron chi connectivity index (χ1n) is 11.3. The fraction of sp³-hybridized carbons (Fsp3) is 0.760. The summed E-state index contributed by atoms with van der Waals surface area (Å²) in [6.07, 6.45) is 13.3. The van der Waals surface area contributed by atoms with Crippen LogP contribution >= 0.6 is 0 Å². The molecule has 2 aliphatic carbocycles. The van der Waals surface area contributed by atoms with Gasteiger partial charge in [-0.3, -0.25) is 0 Å². The van der Waals surface area contributed by atoms with E-state index in [0.29, 0.717) is 24.3 Å². The van der Waals surface area contributed by atoms with Crippen LogP contribution in [0, 0.1) is 35.5 Å². The fourth-order valence-corrected chi connectivity index (χ4v) is 4.72. The molecular formula is C25H41NO2.